The number of carbonyl (C=O) groups is 1. The van der Waals surface area contributed by atoms with Crippen LogP contribution in [0.2, 0.25) is 0 Å². The first-order valence-corrected chi connectivity index (χ1v) is 9.20. The first kappa shape index (κ1) is 15.7. The second-order valence-corrected chi connectivity index (χ2v) is 7.02. The van der Waals surface area contributed by atoms with Crippen molar-refractivity contribution in [1.82, 2.24) is 9.97 Å². The third-order valence-corrected chi connectivity index (χ3v) is 5.27. The molecule has 5 nitrogen and oxygen atoms in total. The monoisotopic (exact) mass is 371 g/mol. The lowest BCUT2D eigenvalue weighted by Gasteiger charge is -2.06. The second-order valence-electron chi connectivity index (χ2n) is 5.99. The van der Waals surface area contributed by atoms with Gasteiger partial charge in [-0.25, -0.2) is 4.98 Å². The van der Waals surface area contributed by atoms with Crippen molar-refractivity contribution >= 4 is 44.1 Å². The number of hydrogen-bond acceptors (Lipinski definition) is 5. The van der Waals surface area contributed by atoms with E-state index >= 15 is 0 Å². The van der Waals surface area contributed by atoms with Gasteiger partial charge in [0.15, 0.2) is 16.5 Å². The Morgan fingerprint density at radius 1 is 0.963 bits per heavy atom. The molecule has 3 aromatic heterocycles. The Morgan fingerprint density at radius 2 is 1.85 bits per heavy atom. The van der Waals surface area contributed by atoms with E-state index in [2.05, 4.69) is 15.3 Å². The van der Waals surface area contributed by atoms with Crippen LogP contribution >= 0.6 is 11.3 Å². The Labute approximate surface area is 158 Å². The van der Waals surface area contributed by atoms with Crippen LogP contribution in [0.1, 0.15) is 10.6 Å². The number of fused-ring (bicyclic) bond motifs is 2. The molecule has 1 N–H and O–H groups in total. The van der Waals surface area contributed by atoms with Gasteiger partial charge in [0.25, 0.3) is 5.91 Å². The zero-order chi connectivity index (χ0) is 18.2. The van der Waals surface area contributed by atoms with E-state index in [9.17, 15) is 4.79 Å². The number of nitrogens with zero attached hydrogens (tertiary/aromatic N) is 2. The van der Waals surface area contributed by atoms with Crippen molar-refractivity contribution in [2.24, 2.45) is 0 Å². The minimum Gasteiger partial charge on any atom is -0.448 e. The van der Waals surface area contributed by atoms with E-state index < -0.39 is 0 Å². The fraction of sp³-hybridized carbons (Fsp3) is 0. The maximum Gasteiger partial charge on any atom is 0.291 e. The van der Waals surface area contributed by atoms with Gasteiger partial charge >= 0.3 is 0 Å². The molecule has 3 heterocycles. The molecule has 0 saturated carbocycles. The Hall–Kier alpha value is -3.51. The highest BCUT2D eigenvalue weighted by Crippen LogP contribution is 2.31. The van der Waals surface area contributed by atoms with Crippen LogP contribution in [0, 0.1) is 0 Å². The standard InChI is InChI=1S/C21H13N3O2S/c25-20(23-15-8-3-5-13-6-4-12-22-19(13)15)16-10-11-17(26-16)21-24-14-7-1-2-9-18(14)27-21/h1-12H,(H,23,25). The van der Waals surface area contributed by atoms with Crippen LogP contribution in [0.3, 0.4) is 0 Å². The first-order valence-electron chi connectivity index (χ1n) is 8.39. The molecule has 2 aromatic carbocycles. The van der Waals surface area contributed by atoms with Crippen LogP contribution in [0.25, 0.3) is 31.9 Å². The Bertz CT molecular complexity index is 1250. The number of rotatable bonds is 3. The minimum atomic E-state index is -0.319. The number of anilines is 1. The molecule has 0 bridgehead atoms. The summed E-state index contributed by atoms with van der Waals surface area (Å²) in [7, 11) is 0. The number of furan rings is 1. The molecule has 27 heavy (non-hydrogen) atoms. The molecular formula is C21H13N3O2S. The van der Waals surface area contributed by atoms with Crippen LogP contribution in [0.5, 0.6) is 0 Å². The molecule has 5 aromatic rings. The SMILES string of the molecule is O=C(Nc1cccc2cccnc12)c1ccc(-c2nc3ccccc3s2)o1. The fourth-order valence-corrected chi connectivity index (χ4v) is 3.87. The van der Waals surface area contributed by atoms with Gasteiger partial charge in [0.1, 0.15) is 0 Å². The van der Waals surface area contributed by atoms with Gasteiger partial charge in [-0.1, -0.05) is 30.3 Å². The first-order chi connectivity index (χ1) is 13.3. The molecule has 0 fully saturated rings. The maximum atomic E-state index is 12.6. The van der Waals surface area contributed by atoms with E-state index in [1.807, 2.05) is 54.6 Å². The van der Waals surface area contributed by atoms with Gasteiger partial charge in [-0.05, 0) is 36.4 Å². The zero-order valence-corrected chi connectivity index (χ0v) is 14.9. The van der Waals surface area contributed by atoms with Crippen molar-refractivity contribution in [2.75, 3.05) is 5.32 Å². The summed E-state index contributed by atoms with van der Waals surface area (Å²) in [4.78, 5) is 21.5. The molecule has 0 aliphatic rings. The quantitative estimate of drug-likeness (QED) is 0.464. The number of amides is 1. The highest BCUT2D eigenvalue weighted by molar-refractivity contribution is 7.21. The molecule has 1 amide bonds. The molecule has 0 spiro atoms. The van der Waals surface area contributed by atoms with Crippen molar-refractivity contribution < 1.29 is 9.21 Å². The van der Waals surface area contributed by atoms with Gasteiger partial charge in [-0.15, -0.1) is 11.3 Å². The zero-order valence-electron chi connectivity index (χ0n) is 14.0. The smallest absolute Gasteiger partial charge is 0.291 e. The van der Waals surface area contributed by atoms with E-state index in [0.717, 1.165) is 26.1 Å². The second kappa shape index (κ2) is 6.34. The Morgan fingerprint density at radius 3 is 2.78 bits per heavy atom. The van der Waals surface area contributed by atoms with Gasteiger partial charge in [0.2, 0.25) is 0 Å². The predicted molar refractivity (Wildman–Crippen MR) is 107 cm³/mol. The van der Waals surface area contributed by atoms with Crippen molar-refractivity contribution in [3.63, 3.8) is 0 Å². The van der Waals surface area contributed by atoms with Crippen LogP contribution in [-0.4, -0.2) is 15.9 Å². The molecule has 130 valence electrons. The summed E-state index contributed by atoms with van der Waals surface area (Å²) in [6.45, 7) is 0. The largest absolute Gasteiger partial charge is 0.448 e. The summed E-state index contributed by atoms with van der Waals surface area (Å²) in [6.07, 6.45) is 1.70. The van der Waals surface area contributed by atoms with Crippen molar-refractivity contribution in [2.45, 2.75) is 0 Å². The number of para-hydroxylation sites is 2. The van der Waals surface area contributed by atoms with Crippen molar-refractivity contribution in [1.29, 1.82) is 0 Å². The Kier molecular flexibility index (Phi) is 3.69. The highest BCUT2D eigenvalue weighted by atomic mass is 32.1. The van der Waals surface area contributed by atoms with E-state index in [0.29, 0.717) is 11.4 Å². The predicted octanol–water partition coefficient (Wildman–Crippen LogP) is 5.36. The number of thiazole rings is 1. The van der Waals surface area contributed by atoms with Crippen LogP contribution in [-0.2, 0) is 0 Å². The summed E-state index contributed by atoms with van der Waals surface area (Å²) < 4.78 is 6.84. The summed E-state index contributed by atoms with van der Waals surface area (Å²) in [5, 5.41) is 4.60. The molecule has 0 aliphatic heterocycles. The van der Waals surface area contributed by atoms with E-state index in [1.54, 1.807) is 18.3 Å². The third kappa shape index (κ3) is 2.86. The van der Waals surface area contributed by atoms with Gasteiger partial charge in [0.05, 0.1) is 21.4 Å². The molecule has 0 radical (unpaired) electrons. The van der Waals surface area contributed by atoms with Gasteiger partial charge in [-0.3, -0.25) is 9.78 Å². The fourth-order valence-electron chi connectivity index (χ4n) is 2.94. The number of aromatic nitrogens is 2. The third-order valence-electron chi connectivity index (χ3n) is 4.22. The minimum absolute atomic E-state index is 0.234. The molecule has 0 unspecified atom stereocenters. The topological polar surface area (TPSA) is 68.0 Å². The summed E-state index contributed by atoms with van der Waals surface area (Å²) >= 11 is 1.53. The average Bonchev–Trinajstić information content (AvgIpc) is 3.35. The van der Waals surface area contributed by atoms with E-state index in [-0.39, 0.29) is 11.7 Å². The molecular weight excluding hydrogens is 358 g/mol. The molecule has 0 aliphatic carbocycles. The molecule has 5 rings (SSSR count). The summed E-state index contributed by atoms with van der Waals surface area (Å²) in [5.74, 6) is 0.495. The number of nitrogens with one attached hydrogen (secondary N) is 1. The summed E-state index contributed by atoms with van der Waals surface area (Å²) in [5.41, 5.74) is 2.31. The van der Waals surface area contributed by atoms with Gasteiger partial charge in [0, 0.05) is 11.6 Å². The van der Waals surface area contributed by atoms with Gasteiger partial charge < -0.3 is 9.73 Å². The Balaban J connectivity index is 1.44. The normalized spacial score (nSPS) is 11.1. The number of hydrogen-bond donors (Lipinski definition) is 1. The summed E-state index contributed by atoms with van der Waals surface area (Å²) in [6, 6.07) is 20.8. The molecule has 0 saturated heterocycles. The average molecular weight is 371 g/mol. The molecule has 0 atom stereocenters. The van der Waals surface area contributed by atoms with Crippen LogP contribution < -0.4 is 5.32 Å². The number of carbonyl (C=O) groups excluding carboxylic acids is 1. The maximum absolute atomic E-state index is 12.6. The lowest BCUT2D eigenvalue weighted by atomic mass is 10.2. The van der Waals surface area contributed by atoms with Crippen molar-refractivity contribution in [3.05, 3.63) is 78.7 Å². The lowest BCUT2D eigenvalue weighted by molar-refractivity contribution is 0.0997. The molecule has 6 heteroatoms. The lowest BCUT2D eigenvalue weighted by Crippen LogP contribution is -2.11. The van der Waals surface area contributed by atoms with Crippen LogP contribution in [0.15, 0.2) is 77.3 Å². The van der Waals surface area contributed by atoms with Crippen LogP contribution in [0.4, 0.5) is 5.69 Å². The van der Waals surface area contributed by atoms with Gasteiger partial charge in [-0.2, -0.15) is 0 Å². The number of benzene rings is 2. The van der Waals surface area contributed by atoms with E-state index in [4.69, 9.17) is 4.42 Å². The van der Waals surface area contributed by atoms with Crippen molar-refractivity contribution in [3.8, 4) is 10.8 Å². The van der Waals surface area contributed by atoms with E-state index in [1.165, 1.54) is 11.3 Å². The highest BCUT2D eigenvalue weighted by Gasteiger charge is 2.16. The number of pyridine rings is 1.